The molecule has 1 heterocycles. The van der Waals surface area contributed by atoms with E-state index in [1.165, 1.54) is 6.33 Å². The van der Waals surface area contributed by atoms with Crippen molar-refractivity contribution in [2.75, 3.05) is 24.2 Å². The molecule has 0 bridgehead atoms. The molecule has 0 amide bonds. The number of nitrogens with zero attached hydrogens (tertiary/aromatic N) is 3. The molecule has 0 aromatic carbocycles. The van der Waals surface area contributed by atoms with Gasteiger partial charge in [0.15, 0.2) is 0 Å². The molecule has 0 saturated heterocycles. The van der Waals surface area contributed by atoms with Gasteiger partial charge < -0.3 is 15.7 Å². The molecule has 15 heavy (non-hydrogen) atoms. The third kappa shape index (κ3) is 2.56. The summed E-state index contributed by atoms with van der Waals surface area (Å²) < 4.78 is 0. The minimum Gasteiger partial charge on any atom is -0.391 e. The van der Waals surface area contributed by atoms with Crippen molar-refractivity contribution < 1.29 is 5.11 Å². The fraction of sp³-hybridized carbons (Fsp3) is 0.600. The van der Waals surface area contributed by atoms with E-state index in [1.807, 2.05) is 11.9 Å². The lowest BCUT2D eigenvalue weighted by molar-refractivity contribution is 0.158. The molecule has 5 nitrogen and oxygen atoms in total. The van der Waals surface area contributed by atoms with E-state index in [0.717, 1.165) is 18.7 Å². The average Bonchev–Trinajstić information content (AvgIpc) is 3.00. The lowest BCUT2D eigenvalue weighted by Gasteiger charge is -2.21. The summed E-state index contributed by atoms with van der Waals surface area (Å²) in [5.41, 5.74) is 5.56. The Bertz CT molecular complexity index is 340. The zero-order valence-electron chi connectivity index (χ0n) is 8.80. The van der Waals surface area contributed by atoms with E-state index in [9.17, 15) is 5.11 Å². The third-order valence-corrected chi connectivity index (χ3v) is 2.69. The van der Waals surface area contributed by atoms with E-state index in [4.69, 9.17) is 5.73 Å². The van der Waals surface area contributed by atoms with Gasteiger partial charge in [-0.1, -0.05) is 0 Å². The summed E-state index contributed by atoms with van der Waals surface area (Å²) in [7, 11) is 1.90. The van der Waals surface area contributed by atoms with Crippen molar-refractivity contribution in [1.29, 1.82) is 0 Å². The van der Waals surface area contributed by atoms with Crippen LogP contribution >= 0.6 is 0 Å². The summed E-state index contributed by atoms with van der Waals surface area (Å²) in [6.07, 6.45) is 3.46. The second-order valence-corrected chi connectivity index (χ2v) is 4.09. The summed E-state index contributed by atoms with van der Waals surface area (Å²) in [5, 5.41) is 9.77. The molecule has 1 atom stereocenters. The summed E-state index contributed by atoms with van der Waals surface area (Å²) in [4.78, 5) is 9.83. The van der Waals surface area contributed by atoms with Crippen molar-refractivity contribution >= 4 is 11.6 Å². The molecule has 1 unspecified atom stereocenters. The minimum atomic E-state index is -0.258. The predicted molar refractivity (Wildman–Crippen MR) is 58.4 cm³/mol. The van der Waals surface area contributed by atoms with Crippen molar-refractivity contribution in [1.82, 2.24) is 9.97 Å². The monoisotopic (exact) mass is 208 g/mol. The molecule has 1 aliphatic rings. The summed E-state index contributed by atoms with van der Waals surface area (Å²) in [5.74, 6) is 1.68. The number of aromatic nitrogens is 2. The minimum absolute atomic E-state index is 0.258. The second-order valence-electron chi connectivity index (χ2n) is 4.09. The Balaban J connectivity index is 1.97. The highest BCUT2D eigenvalue weighted by Gasteiger charge is 2.30. The van der Waals surface area contributed by atoms with E-state index in [0.29, 0.717) is 18.3 Å². The van der Waals surface area contributed by atoms with Gasteiger partial charge in [-0.25, -0.2) is 9.97 Å². The SMILES string of the molecule is CN(CC(O)C1CC1)c1cc(N)ncn1. The van der Waals surface area contributed by atoms with E-state index in [1.54, 1.807) is 6.07 Å². The van der Waals surface area contributed by atoms with Crippen LogP contribution in [0.3, 0.4) is 0 Å². The first-order valence-electron chi connectivity index (χ1n) is 5.13. The predicted octanol–water partition coefficient (Wildman–Crippen LogP) is 0.266. The van der Waals surface area contributed by atoms with Gasteiger partial charge in [0.1, 0.15) is 18.0 Å². The zero-order chi connectivity index (χ0) is 10.8. The van der Waals surface area contributed by atoms with Gasteiger partial charge in [0.25, 0.3) is 0 Å². The number of hydrogen-bond acceptors (Lipinski definition) is 5. The lowest BCUT2D eigenvalue weighted by atomic mass is 10.2. The van der Waals surface area contributed by atoms with Crippen LogP contribution in [0, 0.1) is 5.92 Å². The number of aliphatic hydroxyl groups excluding tert-OH is 1. The van der Waals surface area contributed by atoms with Crippen molar-refractivity contribution in [3.8, 4) is 0 Å². The molecule has 3 N–H and O–H groups in total. The van der Waals surface area contributed by atoms with Crippen LogP contribution in [0.25, 0.3) is 0 Å². The van der Waals surface area contributed by atoms with Crippen LogP contribution in [0.4, 0.5) is 11.6 Å². The third-order valence-electron chi connectivity index (χ3n) is 2.69. The molecule has 1 fully saturated rings. The van der Waals surface area contributed by atoms with Crippen LogP contribution in [0.1, 0.15) is 12.8 Å². The van der Waals surface area contributed by atoms with Crippen molar-refractivity contribution in [3.63, 3.8) is 0 Å². The molecule has 1 aliphatic carbocycles. The fourth-order valence-corrected chi connectivity index (χ4v) is 1.57. The molecule has 1 saturated carbocycles. The van der Waals surface area contributed by atoms with Gasteiger partial charge in [0, 0.05) is 19.7 Å². The van der Waals surface area contributed by atoms with Crippen molar-refractivity contribution in [3.05, 3.63) is 12.4 Å². The maximum absolute atomic E-state index is 9.77. The Hall–Kier alpha value is -1.36. The van der Waals surface area contributed by atoms with Crippen LogP contribution in [-0.2, 0) is 0 Å². The Morgan fingerprint density at radius 1 is 1.60 bits per heavy atom. The normalized spacial score (nSPS) is 17.5. The molecule has 0 aliphatic heterocycles. The van der Waals surface area contributed by atoms with Crippen LogP contribution in [0.2, 0.25) is 0 Å². The van der Waals surface area contributed by atoms with E-state index in [-0.39, 0.29) is 6.10 Å². The number of nitrogen functional groups attached to an aromatic ring is 1. The van der Waals surface area contributed by atoms with Gasteiger partial charge >= 0.3 is 0 Å². The van der Waals surface area contributed by atoms with Crippen LogP contribution in [0.5, 0.6) is 0 Å². The zero-order valence-corrected chi connectivity index (χ0v) is 8.80. The highest BCUT2D eigenvalue weighted by atomic mass is 16.3. The number of anilines is 2. The first-order valence-corrected chi connectivity index (χ1v) is 5.13. The van der Waals surface area contributed by atoms with Crippen LogP contribution < -0.4 is 10.6 Å². The van der Waals surface area contributed by atoms with Gasteiger partial charge in [-0.05, 0) is 18.8 Å². The van der Waals surface area contributed by atoms with E-state index < -0.39 is 0 Å². The van der Waals surface area contributed by atoms with Crippen LogP contribution in [0.15, 0.2) is 12.4 Å². The van der Waals surface area contributed by atoms with Gasteiger partial charge in [-0.2, -0.15) is 0 Å². The molecule has 1 aromatic rings. The van der Waals surface area contributed by atoms with Crippen molar-refractivity contribution in [2.24, 2.45) is 5.92 Å². The molecule has 82 valence electrons. The van der Waals surface area contributed by atoms with Crippen molar-refractivity contribution in [2.45, 2.75) is 18.9 Å². The Morgan fingerprint density at radius 2 is 2.33 bits per heavy atom. The second kappa shape index (κ2) is 4.02. The molecular formula is C10H16N4O. The Kier molecular flexibility index (Phi) is 2.73. The quantitative estimate of drug-likeness (QED) is 0.742. The smallest absolute Gasteiger partial charge is 0.133 e. The molecular weight excluding hydrogens is 192 g/mol. The van der Waals surface area contributed by atoms with Gasteiger partial charge in [0.2, 0.25) is 0 Å². The molecule has 1 aromatic heterocycles. The first-order chi connectivity index (χ1) is 7.16. The summed E-state index contributed by atoms with van der Waals surface area (Å²) in [6, 6.07) is 1.71. The number of nitrogens with two attached hydrogens (primary N) is 1. The highest BCUT2D eigenvalue weighted by molar-refractivity contribution is 5.45. The maximum Gasteiger partial charge on any atom is 0.133 e. The van der Waals surface area contributed by atoms with E-state index in [2.05, 4.69) is 9.97 Å². The average molecular weight is 208 g/mol. The topological polar surface area (TPSA) is 75.3 Å². The molecule has 2 rings (SSSR count). The van der Waals surface area contributed by atoms with E-state index >= 15 is 0 Å². The fourth-order valence-electron chi connectivity index (χ4n) is 1.57. The van der Waals surface area contributed by atoms with Crippen LogP contribution in [-0.4, -0.2) is 34.8 Å². The molecule has 0 radical (unpaired) electrons. The number of rotatable bonds is 4. The Labute approximate surface area is 88.9 Å². The van der Waals surface area contributed by atoms with Gasteiger partial charge in [0.05, 0.1) is 6.10 Å². The molecule has 5 heteroatoms. The number of hydrogen-bond donors (Lipinski definition) is 2. The first kappa shape index (κ1) is 10.2. The standard InChI is InChI=1S/C10H16N4O/c1-14(5-8(15)7-2-3-7)10-4-9(11)12-6-13-10/h4,6-8,15H,2-3,5H2,1H3,(H2,11,12,13). The number of aliphatic hydroxyl groups is 1. The van der Waals surface area contributed by atoms with Gasteiger partial charge in [-0.15, -0.1) is 0 Å². The number of likely N-dealkylation sites (N-methyl/N-ethyl adjacent to an activating group) is 1. The summed E-state index contributed by atoms with van der Waals surface area (Å²) in [6.45, 7) is 0.598. The van der Waals surface area contributed by atoms with Gasteiger partial charge in [-0.3, -0.25) is 0 Å². The molecule has 0 spiro atoms. The summed E-state index contributed by atoms with van der Waals surface area (Å²) >= 11 is 0. The Morgan fingerprint density at radius 3 is 2.93 bits per heavy atom. The lowest BCUT2D eigenvalue weighted by Crippen LogP contribution is -2.30. The highest BCUT2D eigenvalue weighted by Crippen LogP contribution is 2.33. The largest absolute Gasteiger partial charge is 0.391 e. The maximum atomic E-state index is 9.77.